The lowest BCUT2D eigenvalue weighted by molar-refractivity contribution is -0.122. The Bertz CT molecular complexity index is 897. The van der Waals surface area contributed by atoms with Crippen molar-refractivity contribution in [1.29, 1.82) is 0 Å². The zero-order valence-corrected chi connectivity index (χ0v) is 18.9. The molecule has 0 radical (unpaired) electrons. The minimum absolute atomic E-state index is 0.192. The molecule has 160 valence electrons. The van der Waals surface area contributed by atoms with Crippen LogP contribution in [0.4, 0.5) is 10.5 Å². The van der Waals surface area contributed by atoms with Crippen LogP contribution in [0.2, 0.25) is 0 Å². The van der Waals surface area contributed by atoms with E-state index in [4.69, 9.17) is 4.74 Å². The monoisotopic (exact) mass is 426 g/mol. The minimum Gasteiger partial charge on any atom is -0.444 e. The minimum atomic E-state index is -0.924. The molecule has 0 aromatic heterocycles. The van der Waals surface area contributed by atoms with E-state index in [2.05, 4.69) is 29.0 Å². The van der Waals surface area contributed by atoms with Gasteiger partial charge in [0, 0.05) is 10.6 Å². The Labute approximate surface area is 183 Å². The highest BCUT2D eigenvalue weighted by atomic mass is 32.2. The quantitative estimate of drug-likeness (QED) is 0.588. The Morgan fingerprint density at radius 1 is 1.00 bits per heavy atom. The zero-order valence-electron chi connectivity index (χ0n) is 18.1. The van der Waals surface area contributed by atoms with Gasteiger partial charge in [0.25, 0.3) is 0 Å². The summed E-state index contributed by atoms with van der Waals surface area (Å²) >= 11 is 1.71. The normalized spacial score (nSPS) is 15.5. The fraction of sp³-hybridized carbons (Fsp3) is 0.417. The van der Waals surface area contributed by atoms with Gasteiger partial charge < -0.3 is 15.4 Å². The summed E-state index contributed by atoms with van der Waals surface area (Å²) in [5.74, 6) is -0.192. The summed E-state index contributed by atoms with van der Waals surface area (Å²) in [6.45, 7) is 5.43. The Balaban J connectivity index is 1.73. The average molecular weight is 427 g/mol. The first-order valence-corrected chi connectivity index (χ1v) is 11.5. The molecule has 2 amide bonds. The number of anilines is 1. The lowest BCUT2D eigenvalue weighted by atomic mass is 9.96. The molecule has 0 bridgehead atoms. The molecule has 2 aromatic rings. The summed E-state index contributed by atoms with van der Waals surface area (Å²) in [4.78, 5) is 26.6. The van der Waals surface area contributed by atoms with E-state index in [0.717, 1.165) is 18.4 Å². The van der Waals surface area contributed by atoms with Gasteiger partial charge in [-0.05, 0) is 69.2 Å². The standard InChI is InChI=1S/C24H30N2O3S/c1-23(2,3)29-22(28)26-24(15-7-8-16-24)21(27)25-18-13-11-17(12-14-18)19-9-5-6-10-20(19)30-4/h5-6,9-14H,7-8,15-16H2,1-4H3,(H,25,27)(H,26,28). The molecule has 1 aliphatic rings. The molecule has 0 spiro atoms. The van der Waals surface area contributed by atoms with Crippen LogP contribution in [-0.2, 0) is 9.53 Å². The lowest BCUT2D eigenvalue weighted by Gasteiger charge is -2.30. The van der Waals surface area contributed by atoms with E-state index in [0.29, 0.717) is 18.5 Å². The second kappa shape index (κ2) is 9.13. The summed E-state index contributed by atoms with van der Waals surface area (Å²) < 4.78 is 5.38. The average Bonchev–Trinajstić information content (AvgIpc) is 3.16. The molecule has 0 saturated heterocycles. The van der Waals surface area contributed by atoms with E-state index in [1.807, 2.05) is 57.2 Å². The van der Waals surface area contributed by atoms with Gasteiger partial charge in [-0.15, -0.1) is 11.8 Å². The highest BCUT2D eigenvalue weighted by Crippen LogP contribution is 2.33. The number of alkyl carbamates (subject to hydrolysis) is 1. The molecule has 6 heteroatoms. The van der Waals surface area contributed by atoms with Crippen molar-refractivity contribution >= 4 is 29.4 Å². The summed E-state index contributed by atoms with van der Waals surface area (Å²) in [7, 11) is 0. The third-order valence-electron chi connectivity index (χ3n) is 5.19. The molecule has 1 aliphatic carbocycles. The highest BCUT2D eigenvalue weighted by Gasteiger charge is 2.43. The van der Waals surface area contributed by atoms with Crippen LogP contribution in [0.3, 0.4) is 0 Å². The maximum absolute atomic E-state index is 13.1. The number of hydrogen-bond donors (Lipinski definition) is 2. The Morgan fingerprint density at radius 2 is 1.63 bits per heavy atom. The molecule has 0 unspecified atom stereocenters. The Hall–Kier alpha value is -2.47. The van der Waals surface area contributed by atoms with Gasteiger partial charge in [0.15, 0.2) is 0 Å². The molecule has 30 heavy (non-hydrogen) atoms. The second-order valence-electron chi connectivity index (χ2n) is 8.65. The van der Waals surface area contributed by atoms with E-state index in [-0.39, 0.29) is 5.91 Å². The van der Waals surface area contributed by atoms with Gasteiger partial charge in [0.05, 0.1) is 0 Å². The number of carbonyl (C=O) groups is 2. The Morgan fingerprint density at radius 3 is 2.23 bits per heavy atom. The first kappa shape index (κ1) is 22.2. The van der Waals surface area contributed by atoms with Crippen molar-refractivity contribution in [3.05, 3.63) is 48.5 Å². The molecule has 3 rings (SSSR count). The molecule has 5 nitrogen and oxygen atoms in total. The van der Waals surface area contributed by atoms with Gasteiger partial charge >= 0.3 is 6.09 Å². The van der Waals surface area contributed by atoms with Gasteiger partial charge in [-0.25, -0.2) is 4.79 Å². The van der Waals surface area contributed by atoms with Crippen molar-refractivity contribution in [2.45, 2.75) is 62.5 Å². The van der Waals surface area contributed by atoms with Crippen LogP contribution in [0.1, 0.15) is 46.5 Å². The van der Waals surface area contributed by atoms with E-state index in [9.17, 15) is 9.59 Å². The summed E-state index contributed by atoms with van der Waals surface area (Å²) in [5.41, 5.74) is 1.44. The van der Waals surface area contributed by atoms with Gasteiger partial charge in [0.2, 0.25) is 5.91 Å². The van der Waals surface area contributed by atoms with E-state index < -0.39 is 17.2 Å². The fourth-order valence-electron chi connectivity index (χ4n) is 3.75. The number of benzene rings is 2. The maximum atomic E-state index is 13.1. The first-order chi connectivity index (χ1) is 14.2. The maximum Gasteiger partial charge on any atom is 0.408 e. The third-order valence-corrected chi connectivity index (χ3v) is 5.99. The number of hydrogen-bond acceptors (Lipinski definition) is 4. The molecule has 1 fully saturated rings. The van der Waals surface area contributed by atoms with Crippen molar-refractivity contribution in [3.63, 3.8) is 0 Å². The lowest BCUT2D eigenvalue weighted by Crippen LogP contribution is -2.55. The number of carbonyl (C=O) groups excluding carboxylic acids is 2. The van der Waals surface area contributed by atoms with E-state index in [1.165, 1.54) is 10.5 Å². The Kier molecular flexibility index (Phi) is 6.76. The van der Waals surface area contributed by atoms with E-state index in [1.54, 1.807) is 11.8 Å². The SMILES string of the molecule is CSc1ccccc1-c1ccc(NC(=O)C2(NC(=O)OC(C)(C)C)CCCC2)cc1. The molecular formula is C24H30N2O3S. The molecule has 1 saturated carbocycles. The van der Waals surface area contributed by atoms with Crippen LogP contribution < -0.4 is 10.6 Å². The summed E-state index contributed by atoms with van der Waals surface area (Å²) in [6, 6.07) is 16.1. The number of nitrogens with one attached hydrogen (secondary N) is 2. The van der Waals surface area contributed by atoms with Crippen LogP contribution >= 0.6 is 11.8 Å². The van der Waals surface area contributed by atoms with Crippen molar-refractivity contribution < 1.29 is 14.3 Å². The molecule has 2 aromatic carbocycles. The van der Waals surface area contributed by atoms with Gasteiger partial charge in [-0.3, -0.25) is 4.79 Å². The van der Waals surface area contributed by atoms with Crippen LogP contribution in [0, 0.1) is 0 Å². The summed E-state index contributed by atoms with van der Waals surface area (Å²) in [5, 5.41) is 5.83. The second-order valence-corrected chi connectivity index (χ2v) is 9.50. The number of ether oxygens (including phenoxy) is 1. The van der Waals surface area contributed by atoms with Gasteiger partial charge in [-0.2, -0.15) is 0 Å². The smallest absolute Gasteiger partial charge is 0.408 e. The van der Waals surface area contributed by atoms with Crippen molar-refractivity contribution in [2.24, 2.45) is 0 Å². The molecular weight excluding hydrogens is 396 g/mol. The number of amides is 2. The highest BCUT2D eigenvalue weighted by molar-refractivity contribution is 7.98. The van der Waals surface area contributed by atoms with Crippen LogP contribution in [0.25, 0.3) is 11.1 Å². The van der Waals surface area contributed by atoms with Gasteiger partial charge in [-0.1, -0.05) is 43.2 Å². The first-order valence-electron chi connectivity index (χ1n) is 10.3. The summed E-state index contributed by atoms with van der Waals surface area (Å²) in [6.07, 6.45) is 4.52. The van der Waals surface area contributed by atoms with Crippen LogP contribution in [0.5, 0.6) is 0 Å². The van der Waals surface area contributed by atoms with E-state index >= 15 is 0 Å². The number of rotatable bonds is 5. The van der Waals surface area contributed by atoms with Gasteiger partial charge in [0.1, 0.15) is 11.1 Å². The third kappa shape index (κ3) is 5.36. The van der Waals surface area contributed by atoms with Crippen LogP contribution in [-0.4, -0.2) is 29.4 Å². The molecule has 0 heterocycles. The predicted octanol–water partition coefficient (Wildman–Crippen LogP) is 5.85. The van der Waals surface area contributed by atoms with Crippen molar-refractivity contribution in [1.82, 2.24) is 5.32 Å². The topological polar surface area (TPSA) is 67.4 Å². The van der Waals surface area contributed by atoms with Crippen LogP contribution in [0.15, 0.2) is 53.4 Å². The molecule has 2 N–H and O–H groups in total. The molecule has 0 aliphatic heterocycles. The zero-order chi connectivity index (χ0) is 21.8. The largest absolute Gasteiger partial charge is 0.444 e. The number of thioether (sulfide) groups is 1. The predicted molar refractivity (Wildman–Crippen MR) is 123 cm³/mol. The molecule has 0 atom stereocenters. The fourth-order valence-corrected chi connectivity index (χ4v) is 4.37. The van der Waals surface area contributed by atoms with Crippen molar-refractivity contribution in [3.8, 4) is 11.1 Å². The van der Waals surface area contributed by atoms with Crippen molar-refractivity contribution in [2.75, 3.05) is 11.6 Å².